The first-order valence-electron chi connectivity index (χ1n) is 5.38. The van der Waals surface area contributed by atoms with E-state index in [1.165, 1.54) is 0 Å². The number of hydrogen-bond acceptors (Lipinski definition) is 6. The lowest BCUT2D eigenvalue weighted by atomic mass is 10.2. The predicted octanol–water partition coefficient (Wildman–Crippen LogP) is -2.05. The summed E-state index contributed by atoms with van der Waals surface area (Å²) in [5.74, 6) is 0. The average molecular weight is 307 g/mol. The smallest absolute Gasteiger partial charge is 0.394 e. The van der Waals surface area contributed by atoms with Gasteiger partial charge in [0.25, 0.3) is 0 Å². The number of nitrogens with zero attached hydrogens (tertiary/aromatic N) is 1. The first kappa shape index (κ1) is 23.7. The molecule has 3 atom stereocenters. The average Bonchev–Trinajstić information content (AvgIpc) is 1.94. The molecule has 19 heavy (non-hydrogen) atoms. The number of aliphatic hydroxyl groups excluding tert-OH is 3. The number of hydrogen-bond donors (Lipinski definition) is 5. The molecule has 7 N–H and O–H groups in total. The Morgan fingerprint density at radius 2 is 1.00 bits per heavy atom. The number of aliphatic hydroxyl groups is 3. The number of rotatable bonds is 6. The second kappa shape index (κ2) is 11.5. The second-order valence-corrected chi connectivity index (χ2v) is 5.11. The van der Waals surface area contributed by atoms with Crippen LogP contribution >= 0.6 is 0 Å². The van der Waals surface area contributed by atoms with Gasteiger partial charge in [-0.25, -0.2) is 0 Å². The molecule has 0 aromatic rings. The highest BCUT2D eigenvalue weighted by molar-refractivity contribution is 7.79. The van der Waals surface area contributed by atoms with E-state index in [1.54, 1.807) is 20.8 Å². The fourth-order valence-corrected chi connectivity index (χ4v) is 1.34. The maximum Gasteiger partial charge on any atom is 0.394 e. The van der Waals surface area contributed by atoms with Gasteiger partial charge < -0.3 is 20.8 Å². The van der Waals surface area contributed by atoms with Crippen molar-refractivity contribution in [3.8, 4) is 0 Å². The molecule has 0 heterocycles. The normalized spacial score (nSPS) is 15.8. The highest BCUT2D eigenvalue weighted by atomic mass is 32.3. The van der Waals surface area contributed by atoms with Crippen LogP contribution < -0.4 is 0 Å². The summed E-state index contributed by atoms with van der Waals surface area (Å²) in [4.78, 5) is 1.85. The van der Waals surface area contributed by atoms with Crippen molar-refractivity contribution < 1.29 is 38.3 Å². The van der Waals surface area contributed by atoms with E-state index in [1.807, 2.05) is 4.90 Å². The largest absolute Gasteiger partial charge is 0.412 e. The zero-order chi connectivity index (χ0) is 14.9. The summed E-state index contributed by atoms with van der Waals surface area (Å²) in [6.07, 6.45) is -1.30. The molecule has 10 heteroatoms. The van der Waals surface area contributed by atoms with Crippen molar-refractivity contribution in [3.63, 3.8) is 0 Å². The molecule has 0 radical (unpaired) electrons. The van der Waals surface area contributed by atoms with Gasteiger partial charge in [0.05, 0.1) is 18.3 Å². The SMILES string of the molecule is CC(O)CN(CC(C)O)CC(C)O.O.O=S(=O)(O)O. The van der Waals surface area contributed by atoms with Crippen LogP contribution in [0, 0.1) is 0 Å². The lowest BCUT2D eigenvalue weighted by Crippen LogP contribution is -2.40. The Balaban J connectivity index is -0.000000366. The first-order valence-corrected chi connectivity index (χ1v) is 6.78. The van der Waals surface area contributed by atoms with E-state index in [2.05, 4.69) is 0 Å². The Morgan fingerprint density at radius 1 is 0.842 bits per heavy atom. The molecular formula is C9H25NO8S. The molecular weight excluding hydrogens is 282 g/mol. The van der Waals surface area contributed by atoms with Crippen molar-refractivity contribution in [1.29, 1.82) is 0 Å². The minimum atomic E-state index is -4.67. The van der Waals surface area contributed by atoms with Crippen LogP contribution in [0.2, 0.25) is 0 Å². The van der Waals surface area contributed by atoms with Crippen LogP contribution in [0.5, 0.6) is 0 Å². The van der Waals surface area contributed by atoms with Gasteiger partial charge in [0.15, 0.2) is 0 Å². The van der Waals surface area contributed by atoms with Gasteiger partial charge in [-0.3, -0.25) is 14.0 Å². The van der Waals surface area contributed by atoms with E-state index < -0.39 is 28.7 Å². The van der Waals surface area contributed by atoms with Crippen LogP contribution in [0.3, 0.4) is 0 Å². The Labute approximate surface area is 113 Å². The van der Waals surface area contributed by atoms with E-state index >= 15 is 0 Å². The van der Waals surface area contributed by atoms with Crippen molar-refractivity contribution in [2.75, 3.05) is 19.6 Å². The third kappa shape index (κ3) is 31.9. The minimum absolute atomic E-state index is 0. The maximum absolute atomic E-state index is 9.14. The van der Waals surface area contributed by atoms with Crippen LogP contribution in [0.1, 0.15) is 20.8 Å². The van der Waals surface area contributed by atoms with Crippen molar-refractivity contribution in [1.82, 2.24) is 4.90 Å². The van der Waals surface area contributed by atoms with Crippen LogP contribution in [0.15, 0.2) is 0 Å². The highest BCUT2D eigenvalue weighted by Gasteiger charge is 2.12. The summed E-state index contributed by atoms with van der Waals surface area (Å²) >= 11 is 0. The molecule has 0 aromatic heterocycles. The molecule has 0 aromatic carbocycles. The van der Waals surface area contributed by atoms with E-state index in [0.29, 0.717) is 19.6 Å². The Morgan fingerprint density at radius 3 is 1.11 bits per heavy atom. The molecule has 0 spiro atoms. The lowest BCUT2D eigenvalue weighted by molar-refractivity contribution is 0.0530. The standard InChI is InChI=1S/C9H21NO3.H2O4S.H2O/c1-7(11)4-10(5-8(2)12)6-9(3)13;1-5(2,3)4;/h7-9,11-13H,4-6H2,1-3H3;(H2,1,2,3,4);1H2. The fourth-order valence-electron chi connectivity index (χ4n) is 1.34. The lowest BCUT2D eigenvalue weighted by Gasteiger charge is -2.25. The molecule has 0 bridgehead atoms. The monoisotopic (exact) mass is 307 g/mol. The summed E-state index contributed by atoms with van der Waals surface area (Å²) in [7, 11) is -4.67. The van der Waals surface area contributed by atoms with Crippen LogP contribution in [0.4, 0.5) is 0 Å². The fraction of sp³-hybridized carbons (Fsp3) is 1.00. The van der Waals surface area contributed by atoms with Gasteiger partial charge in [-0.2, -0.15) is 8.42 Å². The zero-order valence-corrected chi connectivity index (χ0v) is 12.1. The maximum atomic E-state index is 9.14. The Bertz CT molecular complexity index is 259. The van der Waals surface area contributed by atoms with Gasteiger partial charge >= 0.3 is 10.4 Å². The van der Waals surface area contributed by atoms with Gasteiger partial charge in [0.1, 0.15) is 0 Å². The summed E-state index contributed by atoms with van der Waals surface area (Å²) in [5, 5.41) is 27.4. The molecule has 0 saturated carbocycles. The van der Waals surface area contributed by atoms with Crippen molar-refractivity contribution in [3.05, 3.63) is 0 Å². The van der Waals surface area contributed by atoms with Gasteiger partial charge in [-0.15, -0.1) is 0 Å². The topological polar surface area (TPSA) is 170 Å². The molecule has 120 valence electrons. The summed E-state index contributed by atoms with van der Waals surface area (Å²) in [6, 6.07) is 0. The van der Waals surface area contributed by atoms with Crippen LogP contribution in [-0.2, 0) is 10.4 Å². The first-order chi connectivity index (χ1) is 7.91. The minimum Gasteiger partial charge on any atom is -0.412 e. The third-order valence-electron chi connectivity index (χ3n) is 1.57. The van der Waals surface area contributed by atoms with Gasteiger partial charge in [0.2, 0.25) is 0 Å². The zero-order valence-electron chi connectivity index (χ0n) is 11.3. The molecule has 9 nitrogen and oxygen atoms in total. The van der Waals surface area contributed by atoms with Gasteiger partial charge in [0, 0.05) is 19.6 Å². The van der Waals surface area contributed by atoms with E-state index in [-0.39, 0.29) is 5.48 Å². The van der Waals surface area contributed by atoms with Gasteiger partial charge in [-0.05, 0) is 20.8 Å². The van der Waals surface area contributed by atoms with Crippen LogP contribution in [-0.4, -0.2) is 81.2 Å². The van der Waals surface area contributed by atoms with E-state index in [9.17, 15) is 0 Å². The predicted molar refractivity (Wildman–Crippen MR) is 69.3 cm³/mol. The molecule has 0 fully saturated rings. The molecule has 0 rings (SSSR count). The molecule has 3 unspecified atom stereocenters. The Hall–Kier alpha value is -0.330. The van der Waals surface area contributed by atoms with Crippen molar-refractivity contribution >= 4 is 10.4 Å². The van der Waals surface area contributed by atoms with E-state index in [0.717, 1.165) is 0 Å². The van der Waals surface area contributed by atoms with Gasteiger partial charge in [-0.1, -0.05) is 0 Å². The Kier molecular flexibility index (Phi) is 14.4. The molecule has 0 aliphatic heterocycles. The molecule has 0 aliphatic carbocycles. The third-order valence-corrected chi connectivity index (χ3v) is 1.57. The van der Waals surface area contributed by atoms with Crippen LogP contribution in [0.25, 0.3) is 0 Å². The summed E-state index contributed by atoms with van der Waals surface area (Å²) < 4.78 is 31.6. The highest BCUT2D eigenvalue weighted by Crippen LogP contribution is 1.97. The van der Waals surface area contributed by atoms with E-state index in [4.69, 9.17) is 32.8 Å². The molecule has 0 saturated heterocycles. The summed E-state index contributed by atoms with van der Waals surface area (Å²) in [6.45, 7) is 6.52. The summed E-state index contributed by atoms with van der Waals surface area (Å²) in [5.41, 5.74) is 0. The van der Waals surface area contributed by atoms with Crippen molar-refractivity contribution in [2.24, 2.45) is 0 Å². The molecule has 0 amide bonds. The quantitative estimate of drug-likeness (QED) is 0.349. The second-order valence-electron chi connectivity index (χ2n) is 4.21. The molecule has 0 aliphatic rings. The van der Waals surface area contributed by atoms with Crippen molar-refractivity contribution in [2.45, 2.75) is 39.1 Å².